The van der Waals surface area contributed by atoms with Gasteiger partial charge in [-0.15, -0.1) is 0 Å². The van der Waals surface area contributed by atoms with E-state index in [1.54, 1.807) is 6.07 Å². The monoisotopic (exact) mass is 377 g/mol. The van der Waals surface area contributed by atoms with Gasteiger partial charge in [0, 0.05) is 34.3 Å². The van der Waals surface area contributed by atoms with Crippen LogP contribution in [0.3, 0.4) is 0 Å². The van der Waals surface area contributed by atoms with Gasteiger partial charge in [0.25, 0.3) is 11.8 Å². The van der Waals surface area contributed by atoms with Crippen LogP contribution >= 0.6 is 0 Å². The third-order valence-electron chi connectivity index (χ3n) is 5.80. The topological polar surface area (TPSA) is 50.5 Å². The van der Waals surface area contributed by atoms with Gasteiger partial charge in [0.15, 0.2) is 0 Å². The summed E-state index contributed by atoms with van der Waals surface area (Å²) in [5.74, 6) is -0.532. The molecule has 0 fully saturated rings. The van der Waals surface area contributed by atoms with E-state index in [-0.39, 0.29) is 11.8 Å². The molecule has 0 saturated carbocycles. The SMILES string of the molecule is CN1C(=O)c2cccc3c(-c4ccc5c(c4)oc4ccccc45)ccc(c23)C1=O. The molecule has 1 aliphatic rings. The molecule has 4 aromatic carbocycles. The summed E-state index contributed by atoms with van der Waals surface area (Å²) >= 11 is 0. The van der Waals surface area contributed by atoms with Crippen LogP contribution in [-0.4, -0.2) is 23.8 Å². The smallest absolute Gasteiger partial charge is 0.261 e. The fourth-order valence-corrected chi connectivity index (χ4v) is 4.36. The number of amides is 2. The van der Waals surface area contributed by atoms with Gasteiger partial charge in [-0.25, -0.2) is 0 Å². The largest absolute Gasteiger partial charge is 0.456 e. The van der Waals surface area contributed by atoms with Crippen molar-refractivity contribution in [2.24, 2.45) is 0 Å². The standard InChI is InChI=1S/C25H15NO3/c1-26-24(27)19-7-4-6-18-15(11-12-20(23(18)19)25(26)28)14-9-10-17-16-5-2-3-8-21(16)29-22(17)13-14/h2-13H,1H3. The Balaban J connectivity index is 1.64. The molecular weight excluding hydrogens is 362 g/mol. The van der Waals surface area contributed by atoms with Crippen LogP contribution in [0.5, 0.6) is 0 Å². The molecule has 0 atom stereocenters. The molecule has 0 spiro atoms. The molecule has 2 heterocycles. The van der Waals surface area contributed by atoms with Crippen molar-refractivity contribution in [3.05, 3.63) is 83.9 Å². The Morgan fingerprint density at radius 1 is 0.655 bits per heavy atom. The minimum atomic E-state index is -0.266. The number of hydrogen-bond acceptors (Lipinski definition) is 3. The van der Waals surface area contributed by atoms with Crippen LogP contribution in [0.2, 0.25) is 0 Å². The number of rotatable bonds is 1. The van der Waals surface area contributed by atoms with Crippen LogP contribution in [0, 0.1) is 0 Å². The van der Waals surface area contributed by atoms with Crippen LogP contribution in [0.25, 0.3) is 43.8 Å². The van der Waals surface area contributed by atoms with Gasteiger partial charge in [-0.1, -0.05) is 42.5 Å². The van der Waals surface area contributed by atoms with E-state index >= 15 is 0 Å². The maximum Gasteiger partial charge on any atom is 0.261 e. The van der Waals surface area contributed by atoms with Gasteiger partial charge in [-0.3, -0.25) is 14.5 Å². The van der Waals surface area contributed by atoms with Crippen LogP contribution < -0.4 is 0 Å². The highest BCUT2D eigenvalue weighted by atomic mass is 16.3. The quantitative estimate of drug-likeness (QED) is 0.356. The molecule has 6 rings (SSSR count). The van der Waals surface area contributed by atoms with E-state index in [0.29, 0.717) is 11.1 Å². The van der Waals surface area contributed by atoms with E-state index in [2.05, 4.69) is 18.2 Å². The first-order valence-electron chi connectivity index (χ1n) is 9.43. The number of furan rings is 1. The summed E-state index contributed by atoms with van der Waals surface area (Å²) in [5, 5.41) is 3.78. The predicted molar refractivity (Wildman–Crippen MR) is 113 cm³/mol. The van der Waals surface area contributed by atoms with Crippen molar-refractivity contribution in [3.63, 3.8) is 0 Å². The summed E-state index contributed by atoms with van der Waals surface area (Å²) in [7, 11) is 1.52. The summed E-state index contributed by atoms with van der Waals surface area (Å²) in [5.41, 5.74) is 4.75. The maximum absolute atomic E-state index is 12.6. The van der Waals surface area contributed by atoms with Crippen molar-refractivity contribution in [2.75, 3.05) is 7.05 Å². The molecule has 0 radical (unpaired) electrons. The fourth-order valence-electron chi connectivity index (χ4n) is 4.36. The van der Waals surface area contributed by atoms with Crippen molar-refractivity contribution < 1.29 is 14.0 Å². The Morgan fingerprint density at radius 3 is 2.21 bits per heavy atom. The van der Waals surface area contributed by atoms with Crippen LogP contribution in [0.4, 0.5) is 0 Å². The lowest BCUT2D eigenvalue weighted by atomic mass is 9.89. The van der Waals surface area contributed by atoms with Crippen LogP contribution in [0.15, 0.2) is 77.2 Å². The predicted octanol–water partition coefficient (Wildman–Crippen LogP) is 5.63. The summed E-state index contributed by atoms with van der Waals surface area (Å²) in [6.45, 7) is 0. The van der Waals surface area contributed by atoms with E-state index in [4.69, 9.17) is 4.42 Å². The number of nitrogens with zero attached hydrogens (tertiary/aromatic N) is 1. The molecule has 5 aromatic rings. The van der Waals surface area contributed by atoms with Crippen molar-refractivity contribution in [3.8, 4) is 11.1 Å². The average Bonchev–Trinajstić information content (AvgIpc) is 3.13. The van der Waals surface area contributed by atoms with E-state index in [1.807, 2.05) is 48.5 Å². The molecule has 0 aliphatic carbocycles. The Hall–Kier alpha value is -3.92. The summed E-state index contributed by atoms with van der Waals surface area (Å²) < 4.78 is 6.04. The van der Waals surface area contributed by atoms with Gasteiger partial charge in [0.2, 0.25) is 0 Å². The molecule has 1 aliphatic heterocycles. The van der Waals surface area contributed by atoms with Crippen molar-refractivity contribution in [2.45, 2.75) is 0 Å². The van der Waals surface area contributed by atoms with Gasteiger partial charge in [0.1, 0.15) is 11.2 Å². The van der Waals surface area contributed by atoms with Crippen molar-refractivity contribution >= 4 is 44.5 Å². The molecule has 0 bridgehead atoms. The molecule has 29 heavy (non-hydrogen) atoms. The first-order chi connectivity index (χ1) is 14.1. The summed E-state index contributed by atoms with van der Waals surface area (Å²) in [6.07, 6.45) is 0. The second-order valence-corrected chi connectivity index (χ2v) is 7.37. The number of carbonyl (C=O) groups is 2. The highest BCUT2D eigenvalue weighted by Gasteiger charge is 2.30. The van der Waals surface area contributed by atoms with Gasteiger partial charge < -0.3 is 4.42 Å². The average molecular weight is 377 g/mol. The number of carbonyl (C=O) groups excluding carboxylic acids is 2. The Labute approximate surface area is 165 Å². The molecule has 4 heteroatoms. The number of para-hydroxylation sites is 1. The Bertz CT molecular complexity index is 1490. The van der Waals surface area contributed by atoms with Crippen molar-refractivity contribution in [1.29, 1.82) is 0 Å². The van der Waals surface area contributed by atoms with Gasteiger partial charge >= 0.3 is 0 Å². The lowest BCUT2D eigenvalue weighted by Gasteiger charge is -2.24. The minimum absolute atomic E-state index is 0.266. The normalized spacial score (nSPS) is 13.8. The lowest BCUT2D eigenvalue weighted by Crippen LogP contribution is -2.36. The molecule has 4 nitrogen and oxygen atoms in total. The molecule has 0 N–H and O–H groups in total. The first-order valence-corrected chi connectivity index (χ1v) is 9.43. The molecule has 138 valence electrons. The van der Waals surface area contributed by atoms with E-state index < -0.39 is 0 Å². The number of imide groups is 1. The summed E-state index contributed by atoms with van der Waals surface area (Å²) in [4.78, 5) is 26.4. The second kappa shape index (κ2) is 5.55. The Morgan fingerprint density at radius 2 is 1.34 bits per heavy atom. The minimum Gasteiger partial charge on any atom is -0.456 e. The highest BCUT2D eigenvalue weighted by Crippen LogP contribution is 2.38. The number of hydrogen-bond donors (Lipinski definition) is 0. The zero-order valence-electron chi connectivity index (χ0n) is 15.6. The molecule has 2 amide bonds. The zero-order valence-corrected chi connectivity index (χ0v) is 15.6. The highest BCUT2D eigenvalue weighted by molar-refractivity contribution is 6.26. The first kappa shape index (κ1) is 16.1. The fraction of sp³-hybridized carbons (Fsp3) is 0.0400. The molecule has 0 unspecified atom stereocenters. The number of fused-ring (bicyclic) bond motifs is 3. The van der Waals surface area contributed by atoms with Crippen LogP contribution in [0.1, 0.15) is 20.7 Å². The Kier molecular flexibility index (Phi) is 3.08. The van der Waals surface area contributed by atoms with E-state index in [1.165, 1.54) is 11.9 Å². The zero-order chi connectivity index (χ0) is 19.7. The van der Waals surface area contributed by atoms with Gasteiger partial charge in [-0.05, 0) is 46.8 Å². The van der Waals surface area contributed by atoms with Crippen LogP contribution in [-0.2, 0) is 0 Å². The molecule has 1 aromatic heterocycles. The third kappa shape index (κ3) is 2.08. The van der Waals surface area contributed by atoms with E-state index in [0.717, 1.165) is 43.8 Å². The molecule has 0 saturated heterocycles. The number of benzene rings is 4. The maximum atomic E-state index is 12.6. The summed E-state index contributed by atoms with van der Waals surface area (Å²) in [6, 6.07) is 23.5. The molecular formula is C25H15NO3. The third-order valence-corrected chi connectivity index (χ3v) is 5.80. The lowest BCUT2D eigenvalue weighted by molar-refractivity contribution is 0.0650. The van der Waals surface area contributed by atoms with Gasteiger partial charge in [-0.2, -0.15) is 0 Å². The second-order valence-electron chi connectivity index (χ2n) is 7.37. The van der Waals surface area contributed by atoms with E-state index in [9.17, 15) is 9.59 Å². The van der Waals surface area contributed by atoms with Gasteiger partial charge in [0.05, 0.1) is 0 Å². The van der Waals surface area contributed by atoms with Crippen molar-refractivity contribution in [1.82, 2.24) is 4.90 Å².